The number of amides is 1. The number of nitrogens with one attached hydrogen (secondary N) is 1. The highest BCUT2D eigenvalue weighted by Gasteiger charge is 2.27. The van der Waals surface area contributed by atoms with E-state index in [2.05, 4.69) is 5.32 Å². The van der Waals surface area contributed by atoms with Crippen LogP contribution in [0.5, 0.6) is 0 Å². The molecule has 1 atom stereocenters. The second kappa shape index (κ2) is 7.97. The smallest absolute Gasteiger partial charge is 0.227 e. The molecule has 1 aliphatic heterocycles. The van der Waals surface area contributed by atoms with Crippen molar-refractivity contribution in [2.75, 3.05) is 19.6 Å². The van der Waals surface area contributed by atoms with Crippen LogP contribution in [0.25, 0.3) is 0 Å². The molecule has 118 valence electrons. The molecule has 6 heteroatoms. The van der Waals surface area contributed by atoms with E-state index in [4.69, 9.17) is 11.6 Å². The summed E-state index contributed by atoms with van der Waals surface area (Å²) < 4.78 is 0. The Morgan fingerprint density at radius 1 is 1.41 bits per heavy atom. The fourth-order valence-corrected chi connectivity index (χ4v) is 3.55. The summed E-state index contributed by atoms with van der Waals surface area (Å²) in [6.45, 7) is 2.35. The zero-order valence-corrected chi connectivity index (χ0v) is 14.4. The molecule has 0 saturated carbocycles. The van der Waals surface area contributed by atoms with Crippen molar-refractivity contribution in [2.24, 2.45) is 0 Å². The minimum atomic E-state index is 0. The van der Waals surface area contributed by atoms with E-state index >= 15 is 0 Å². The summed E-state index contributed by atoms with van der Waals surface area (Å²) in [6, 6.07) is 9.85. The van der Waals surface area contributed by atoms with Crippen LogP contribution >= 0.6 is 35.3 Å². The SMILES string of the molecule is Cl.O=C(Cc1ccsc1)N1CCNCC1c1cccc(Cl)c1. The van der Waals surface area contributed by atoms with Gasteiger partial charge in [0.25, 0.3) is 0 Å². The van der Waals surface area contributed by atoms with Crippen molar-refractivity contribution in [3.8, 4) is 0 Å². The Hall–Kier alpha value is -1.07. The topological polar surface area (TPSA) is 32.3 Å². The van der Waals surface area contributed by atoms with Crippen molar-refractivity contribution in [2.45, 2.75) is 12.5 Å². The van der Waals surface area contributed by atoms with Gasteiger partial charge in [-0.15, -0.1) is 12.4 Å². The van der Waals surface area contributed by atoms with Crippen LogP contribution in [0.4, 0.5) is 0 Å². The first-order valence-electron chi connectivity index (χ1n) is 7.01. The minimum absolute atomic E-state index is 0. The number of halogens is 2. The normalized spacial score (nSPS) is 17.9. The zero-order chi connectivity index (χ0) is 14.7. The summed E-state index contributed by atoms with van der Waals surface area (Å²) in [5, 5.41) is 8.12. The van der Waals surface area contributed by atoms with E-state index in [0.29, 0.717) is 11.4 Å². The lowest BCUT2D eigenvalue weighted by Gasteiger charge is -2.36. The van der Waals surface area contributed by atoms with Crippen molar-refractivity contribution in [1.82, 2.24) is 10.2 Å². The molecule has 0 spiro atoms. The van der Waals surface area contributed by atoms with Gasteiger partial charge in [0.2, 0.25) is 5.91 Å². The van der Waals surface area contributed by atoms with Crippen molar-refractivity contribution < 1.29 is 4.79 Å². The van der Waals surface area contributed by atoms with Gasteiger partial charge in [-0.05, 0) is 40.1 Å². The summed E-state index contributed by atoms with van der Waals surface area (Å²) in [7, 11) is 0. The Morgan fingerprint density at radius 3 is 3.00 bits per heavy atom. The van der Waals surface area contributed by atoms with Crippen LogP contribution in [-0.4, -0.2) is 30.4 Å². The van der Waals surface area contributed by atoms with Gasteiger partial charge < -0.3 is 10.2 Å². The molecule has 1 aromatic carbocycles. The largest absolute Gasteiger partial charge is 0.333 e. The predicted molar refractivity (Wildman–Crippen MR) is 94.0 cm³/mol. The number of nitrogens with zero attached hydrogens (tertiary/aromatic N) is 1. The molecular weight excluding hydrogens is 339 g/mol. The lowest BCUT2D eigenvalue weighted by Crippen LogP contribution is -2.49. The van der Waals surface area contributed by atoms with Gasteiger partial charge in [0.1, 0.15) is 0 Å². The maximum absolute atomic E-state index is 12.6. The van der Waals surface area contributed by atoms with Crippen molar-refractivity contribution >= 4 is 41.3 Å². The number of piperazine rings is 1. The predicted octanol–water partition coefficient (Wildman–Crippen LogP) is 3.54. The van der Waals surface area contributed by atoms with Crippen LogP contribution in [-0.2, 0) is 11.2 Å². The van der Waals surface area contributed by atoms with Crippen molar-refractivity contribution in [3.05, 3.63) is 57.2 Å². The minimum Gasteiger partial charge on any atom is -0.333 e. The highest BCUT2D eigenvalue weighted by molar-refractivity contribution is 7.08. The quantitative estimate of drug-likeness (QED) is 0.911. The number of rotatable bonds is 3. The molecule has 0 bridgehead atoms. The van der Waals surface area contributed by atoms with E-state index in [0.717, 1.165) is 30.8 Å². The van der Waals surface area contributed by atoms with Gasteiger partial charge in [0.05, 0.1) is 12.5 Å². The van der Waals surface area contributed by atoms with E-state index in [1.165, 1.54) is 0 Å². The van der Waals surface area contributed by atoms with E-state index in [1.54, 1.807) is 11.3 Å². The van der Waals surface area contributed by atoms with Gasteiger partial charge in [0.15, 0.2) is 0 Å². The van der Waals surface area contributed by atoms with Crippen LogP contribution in [0.2, 0.25) is 5.02 Å². The summed E-state index contributed by atoms with van der Waals surface area (Å²) in [5.74, 6) is 0.180. The lowest BCUT2D eigenvalue weighted by atomic mass is 10.0. The van der Waals surface area contributed by atoms with Crippen LogP contribution in [0.1, 0.15) is 17.2 Å². The average molecular weight is 357 g/mol. The molecule has 2 aromatic rings. The highest BCUT2D eigenvalue weighted by atomic mass is 35.5. The second-order valence-electron chi connectivity index (χ2n) is 5.17. The number of benzene rings is 1. The average Bonchev–Trinajstić information content (AvgIpc) is 3.00. The Kier molecular flexibility index (Phi) is 6.26. The monoisotopic (exact) mass is 356 g/mol. The number of hydrogen-bond donors (Lipinski definition) is 1. The Balaban J connectivity index is 0.00000176. The Labute approximate surface area is 145 Å². The molecule has 1 amide bonds. The molecule has 0 radical (unpaired) electrons. The highest BCUT2D eigenvalue weighted by Crippen LogP contribution is 2.25. The first-order chi connectivity index (χ1) is 10.2. The first-order valence-corrected chi connectivity index (χ1v) is 8.33. The van der Waals surface area contributed by atoms with Gasteiger partial charge in [-0.3, -0.25) is 4.79 Å². The van der Waals surface area contributed by atoms with Gasteiger partial charge in [0, 0.05) is 24.7 Å². The maximum Gasteiger partial charge on any atom is 0.227 e. The van der Waals surface area contributed by atoms with Crippen LogP contribution in [0, 0.1) is 0 Å². The Bertz CT molecular complexity index is 618. The zero-order valence-electron chi connectivity index (χ0n) is 12.0. The summed E-state index contributed by atoms with van der Waals surface area (Å²) >= 11 is 7.71. The molecule has 1 unspecified atom stereocenters. The fraction of sp³-hybridized carbons (Fsp3) is 0.312. The number of carbonyl (C=O) groups is 1. The number of hydrogen-bond acceptors (Lipinski definition) is 3. The molecule has 2 heterocycles. The van der Waals surface area contributed by atoms with E-state index < -0.39 is 0 Å². The molecule has 3 nitrogen and oxygen atoms in total. The first kappa shape index (κ1) is 17.3. The standard InChI is InChI=1S/C16H17ClN2OS.ClH/c17-14-3-1-2-13(9-14)15-10-18-5-6-19(15)16(20)8-12-4-7-21-11-12;/h1-4,7,9,11,15,18H,5-6,8,10H2;1H. The fourth-order valence-electron chi connectivity index (χ4n) is 2.68. The summed E-state index contributed by atoms with van der Waals surface area (Å²) in [5.41, 5.74) is 2.18. The molecular formula is C16H18Cl2N2OS. The molecule has 1 aliphatic rings. The number of thiophene rings is 1. The van der Waals surface area contributed by atoms with Gasteiger partial charge in [-0.2, -0.15) is 11.3 Å². The van der Waals surface area contributed by atoms with E-state index in [1.807, 2.05) is 46.0 Å². The molecule has 22 heavy (non-hydrogen) atoms. The van der Waals surface area contributed by atoms with Crippen LogP contribution in [0.15, 0.2) is 41.1 Å². The van der Waals surface area contributed by atoms with Gasteiger partial charge >= 0.3 is 0 Å². The van der Waals surface area contributed by atoms with Crippen LogP contribution < -0.4 is 5.32 Å². The molecule has 1 N–H and O–H groups in total. The van der Waals surface area contributed by atoms with E-state index in [-0.39, 0.29) is 24.4 Å². The third kappa shape index (κ3) is 4.02. The lowest BCUT2D eigenvalue weighted by molar-refractivity contribution is -0.133. The second-order valence-corrected chi connectivity index (χ2v) is 6.39. The summed E-state index contributed by atoms with van der Waals surface area (Å²) in [6.07, 6.45) is 0.473. The number of carbonyl (C=O) groups excluding carboxylic acids is 1. The van der Waals surface area contributed by atoms with Gasteiger partial charge in [-0.25, -0.2) is 0 Å². The van der Waals surface area contributed by atoms with Crippen LogP contribution in [0.3, 0.4) is 0 Å². The van der Waals surface area contributed by atoms with Gasteiger partial charge in [-0.1, -0.05) is 23.7 Å². The summed E-state index contributed by atoms with van der Waals surface area (Å²) in [4.78, 5) is 14.6. The van der Waals surface area contributed by atoms with E-state index in [9.17, 15) is 4.79 Å². The molecule has 1 aromatic heterocycles. The molecule has 1 saturated heterocycles. The third-order valence-corrected chi connectivity index (χ3v) is 4.70. The molecule has 1 fully saturated rings. The molecule has 3 rings (SSSR count). The molecule has 0 aliphatic carbocycles. The third-order valence-electron chi connectivity index (χ3n) is 3.73. The maximum atomic E-state index is 12.6. The Morgan fingerprint density at radius 2 is 2.27 bits per heavy atom. The van der Waals surface area contributed by atoms with Crippen molar-refractivity contribution in [1.29, 1.82) is 0 Å². The van der Waals surface area contributed by atoms with Crippen molar-refractivity contribution in [3.63, 3.8) is 0 Å².